The fourth-order valence-corrected chi connectivity index (χ4v) is 4.46. The molecule has 34 heavy (non-hydrogen) atoms. The van der Waals surface area contributed by atoms with Crippen molar-refractivity contribution in [2.24, 2.45) is 0 Å². The van der Waals surface area contributed by atoms with Crippen LogP contribution in [0.2, 0.25) is 0 Å². The highest BCUT2D eigenvalue weighted by atomic mass is 32.2. The molecule has 1 N–H and O–H groups in total. The third-order valence-corrected chi connectivity index (χ3v) is 6.59. The van der Waals surface area contributed by atoms with Crippen LogP contribution < -0.4 is 5.32 Å². The van der Waals surface area contributed by atoms with Crippen molar-refractivity contribution < 1.29 is 4.79 Å². The fourth-order valence-electron chi connectivity index (χ4n) is 3.53. The summed E-state index contributed by atoms with van der Waals surface area (Å²) in [5, 5.41) is 13.1. The molecule has 4 aromatic rings. The summed E-state index contributed by atoms with van der Waals surface area (Å²) in [5.74, 6) is -0.137. The Bertz CT molecular complexity index is 1340. The molecule has 1 amide bonds. The Morgan fingerprint density at radius 1 is 0.912 bits per heavy atom. The van der Waals surface area contributed by atoms with Crippen LogP contribution in [0, 0.1) is 25.2 Å². The van der Waals surface area contributed by atoms with Gasteiger partial charge in [0.15, 0.2) is 0 Å². The van der Waals surface area contributed by atoms with E-state index in [9.17, 15) is 10.1 Å². The number of rotatable bonds is 6. The number of pyridine rings is 1. The number of carbonyl (C=O) groups is 1. The predicted molar refractivity (Wildman–Crippen MR) is 140 cm³/mol. The van der Waals surface area contributed by atoms with Crippen molar-refractivity contribution in [1.29, 1.82) is 5.26 Å². The Balaban J connectivity index is 1.72. The molecule has 0 aliphatic heterocycles. The molecule has 1 atom stereocenters. The summed E-state index contributed by atoms with van der Waals surface area (Å²) in [6.07, 6.45) is 0. The van der Waals surface area contributed by atoms with Crippen LogP contribution in [-0.2, 0) is 4.79 Å². The highest BCUT2D eigenvalue weighted by Crippen LogP contribution is 2.36. The van der Waals surface area contributed by atoms with Crippen molar-refractivity contribution in [2.45, 2.75) is 31.0 Å². The highest BCUT2D eigenvalue weighted by molar-refractivity contribution is 8.00. The van der Waals surface area contributed by atoms with E-state index in [1.807, 2.05) is 106 Å². The number of aryl methyl sites for hydroxylation is 2. The summed E-state index contributed by atoms with van der Waals surface area (Å²) >= 11 is 1.30. The Hall–Kier alpha value is -3.88. The van der Waals surface area contributed by atoms with Gasteiger partial charge in [-0.05, 0) is 44.5 Å². The van der Waals surface area contributed by atoms with Crippen molar-refractivity contribution in [1.82, 2.24) is 4.98 Å². The highest BCUT2D eigenvalue weighted by Gasteiger charge is 2.21. The zero-order valence-corrected chi connectivity index (χ0v) is 20.2. The number of nitriles is 1. The predicted octanol–water partition coefficient (Wildman–Crippen LogP) is 7.02. The number of nitrogens with zero attached hydrogens (tertiary/aromatic N) is 2. The summed E-state index contributed by atoms with van der Waals surface area (Å²) in [6, 6.07) is 29.9. The minimum atomic E-state index is -0.446. The first-order chi connectivity index (χ1) is 16.4. The number of nitrogens with one attached hydrogen (secondary N) is 1. The third-order valence-electron chi connectivity index (χ3n) is 5.51. The monoisotopic (exact) mass is 463 g/mol. The minimum Gasteiger partial charge on any atom is -0.325 e. The zero-order valence-electron chi connectivity index (χ0n) is 19.4. The van der Waals surface area contributed by atoms with Crippen LogP contribution in [0.25, 0.3) is 22.4 Å². The molecule has 0 aliphatic rings. The molecule has 4 nitrogen and oxygen atoms in total. The van der Waals surface area contributed by atoms with Gasteiger partial charge in [-0.1, -0.05) is 89.6 Å². The summed E-state index contributed by atoms with van der Waals surface area (Å²) in [4.78, 5) is 17.7. The lowest BCUT2D eigenvalue weighted by atomic mass is 9.99. The van der Waals surface area contributed by atoms with Crippen LogP contribution in [0.4, 0.5) is 5.69 Å². The molecule has 0 bridgehead atoms. The van der Waals surface area contributed by atoms with Gasteiger partial charge in [0.25, 0.3) is 0 Å². The van der Waals surface area contributed by atoms with E-state index in [0.717, 1.165) is 39.2 Å². The Morgan fingerprint density at radius 2 is 1.53 bits per heavy atom. The molecule has 1 aromatic heterocycles. The molecule has 0 saturated carbocycles. The Morgan fingerprint density at radius 3 is 2.15 bits per heavy atom. The topological polar surface area (TPSA) is 65.8 Å². The Labute approximate surface area is 204 Å². The van der Waals surface area contributed by atoms with E-state index in [1.165, 1.54) is 11.8 Å². The normalized spacial score (nSPS) is 11.5. The lowest BCUT2D eigenvalue weighted by molar-refractivity contribution is -0.115. The molecule has 1 heterocycles. The van der Waals surface area contributed by atoms with Gasteiger partial charge in [0.2, 0.25) is 5.91 Å². The smallest absolute Gasteiger partial charge is 0.237 e. The molecule has 5 heteroatoms. The lowest BCUT2D eigenvalue weighted by Crippen LogP contribution is -2.22. The van der Waals surface area contributed by atoms with E-state index in [4.69, 9.17) is 4.98 Å². The number of anilines is 1. The molecule has 0 saturated heterocycles. The summed E-state index contributed by atoms with van der Waals surface area (Å²) in [6.45, 7) is 5.88. The standard InChI is InChI=1S/C29H25N3OS/c1-19-9-13-23(14-10-19)27-17-25(22-7-5-4-6-8-22)26(18-30)29(32-27)34-21(3)28(33)31-24-15-11-20(2)12-16-24/h4-17,21H,1-3H3,(H,31,33)/t21-/m1/s1. The first-order valence-corrected chi connectivity index (χ1v) is 11.9. The molecule has 0 fully saturated rings. The number of thioether (sulfide) groups is 1. The second-order valence-electron chi connectivity index (χ2n) is 8.19. The van der Waals surface area contributed by atoms with Gasteiger partial charge in [0.05, 0.1) is 16.5 Å². The first kappa shape index (κ1) is 23.3. The molecule has 0 spiro atoms. The summed E-state index contributed by atoms with van der Waals surface area (Å²) in [7, 11) is 0. The lowest BCUT2D eigenvalue weighted by Gasteiger charge is -2.16. The second-order valence-corrected chi connectivity index (χ2v) is 9.52. The minimum absolute atomic E-state index is 0.137. The maximum absolute atomic E-state index is 12.9. The van der Waals surface area contributed by atoms with Crippen molar-refractivity contribution in [3.8, 4) is 28.5 Å². The average molecular weight is 464 g/mol. The van der Waals surface area contributed by atoms with Gasteiger partial charge in [-0.25, -0.2) is 4.98 Å². The van der Waals surface area contributed by atoms with Gasteiger partial charge < -0.3 is 5.32 Å². The van der Waals surface area contributed by atoms with Crippen LogP contribution >= 0.6 is 11.8 Å². The number of benzene rings is 3. The van der Waals surface area contributed by atoms with Crippen molar-refractivity contribution in [3.05, 3.63) is 102 Å². The molecular formula is C29H25N3OS. The molecule has 0 unspecified atom stereocenters. The maximum Gasteiger partial charge on any atom is 0.237 e. The first-order valence-electron chi connectivity index (χ1n) is 11.1. The number of hydrogen-bond donors (Lipinski definition) is 1. The fraction of sp³-hybridized carbons (Fsp3) is 0.138. The van der Waals surface area contributed by atoms with Crippen LogP contribution in [0.15, 0.2) is 90.0 Å². The molecule has 4 rings (SSSR count). The second kappa shape index (κ2) is 10.4. The molecule has 168 valence electrons. The molecule has 0 aliphatic carbocycles. The van der Waals surface area contributed by atoms with Crippen molar-refractivity contribution in [2.75, 3.05) is 5.32 Å². The van der Waals surface area contributed by atoms with Gasteiger partial charge in [-0.3, -0.25) is 4.79 Å². The number of aromatic nitrogens is 1. The van der Waals surface area contributed by atoms with E-state index in [1.54, 1.807) is 0 Å². The third kappa shape index (κ3) is 5.36. The van der Waals surface area contributed by atoms with Gasteiger partial charge >= 0.3 is 0 Å². The van der Waals surface area contributed by atoms with E-state index >= 15 is 0 Å². The number of hydrogen-bond acceptors (Lipinski definition) is 4. The van der Waals surface area contributed by atoms with Crippen LogP contribution in [-0.4, -0.2) is 16.1 Å². The maximum atomic E-state index is 12.9. The SMILES string of the molecule is Cc1ccc(NC(=O)[C@@H](C)Sc2nc(-c3ccc(C)cc3)cc(-c3ccccc3)c2C#N)cc1. The van der Waals surface area contributed by atoms with Gasteiger partial charge in [0, 0.05) is 16.8 Å². The average Bonchev–Trinajstić information content (AvgIpc) is 2.86. The van der Waals surface area contributed by atoms with Gasteiger partial charge in [0.1, 0.15) is 11.1 Å². The summed E-state index contributed by atoms with van der Waals surface area (Å²) < 4.78 is 0. The van der Waals surface area contributed by atoms with E-state index in [0.29, 0.717) is 10.6 Å². The molecule has 3 aromatic carbocycles. The molecular weight excluding hydrogens is 438 g/mol. The molecule has 0 radical (unpaired) electrons. The van der Waals surface area contributed by atoms with Crippen molar-refractivity contribution >= 4 is 23.4 Å². The van der Waals surface area contributed by atoms with Crippen molar-refractivity contribution in [3.63, 3.8) is 0 Å². The number of amides is 1. The van der Waals surface area contributed by atoms with Crippen LogP contribution in [0.5, 0.6) is 0 Å². The van der Waals surface area contributed by atoms with E-state index < -0.39 is 5.25 Å². The van der Waals surface area contributed by atoms with E-state index in [2.05, 4.69) is 11.4 Å². The Kier molecular flexibility index (Phi) is 7.10. The van der Waals surface area contributed by atoms with E-state index in [-0.39, 0.29) is 5.91 Å². The quantitative estimate of drug-likeness (QED) is 0.312. The van der Waals surface area contributed by atoms with Gasteiger partial charge in [-0.2, -0.15) is 5.26 Å². The van der Waals surface area contributed by atoms with Crippen LogP contribution in [0.1, 0.15) is 23.6 Å². The number of carbonyl (C=O) groups excluding carboxylic acids is 1. The van der Waals surface area contributed by atoms with Crippen LogP contribution in [0.3, 0.4) is 0 Å². The van der Waals surface area contributed by atoms with Gasteiger partial charge in [-0.15, -0.1) is 0 Å². The summed E-state index contributed by atoms with van der Waals surface area (Å²) in [5.41, 5.74) is 6.99. The zero-order chi connectivity index (χ0) is 24.1. The largest absolute Gasteiger partial charge is 0.325 e.